The summed E-state index contributed by atoms with van der Waals surface area (Å²) in [6, 6.07) is 0. The molecule has 0 aromatic carbocycles. The van der Waals surface area contributed by atoms with E-state index in [1.54, 1.807) is 18.1 Å². The second-order valence-corrected chi connectivity index (χ2v) is 5.18. The first-order valence-electron chi connectivity index (χ1n) is 6.22. The molecule has 2 amide bonds. The molecule has 2 heterocycles. The van der Waals surface area contributed by atoms with E-state index < -0.39 is 5.41 Å². The summed E-state index contributed by atoms with van der Waals surface area (Å²) in [6.45, 7) is 3.08. The fourth-order valence-electron chi connectivity index (χ4n) is 2.37. The lowest BCUT2D eigenvalue weighted by Crippen LogP contribution is -2.41. The van der Waals surface area contributed by atoms with E-state index >= 15 is 0 Å². The lowest BCUT2D eigenvalue weighted by atomic mass is 9.89. The highest BCUT2D eigenvalue weighted by atomic mass is 16.2. The molecule has 1 fully saturated rings. The zero-order chi connectivity index (χ0) is 14.0. The fourth-order valence-corrected chi connectivity index (χ4v) is 2.37. The van der Waals surface area contributed by atoms with E-state index in [4.69, 9.17) is 5.73 Å². The minimum absolute atomic E-state index is 0.0221. The van der Waals surface area contributed by atoms with Gasteiger partial charge in [-0.05, 0) is 13.3 Å². The van der Waals surface area contributed by atoms with Crippen LogP contribution < -0.4 is 11.1 Å². The quantitative estimate of drug-likeness (QED) is 0.767. The van der Waals surface area contributed by atoms with Gasteiger partial charge in [-0.2, -0.15) is 5.10 Å². The number of hydrogen-bond acceptors (Lipinski definition) is 4. The van der Waals surface area contributed by atoms with Crippen LogP contribution in [0.25, 0.3) is 0 Å². The molecular weight excluding hydrogens is 246 g/mol. The molecule has 3 N–H and O–H groups in total. The number of nitrogen functional groups attached to an aromatic ring is 1. The lowest BCUT2D eigenvalue weighted by Gasteiger charge is -2.22. The molecular formula is C12H19N5O2. The van der Waals surface area contributed by atoms with Gasteiger partial charge >= 0.3 is 0 Å². The Morgan fingerprint density at radius 1 is 1.58 bits per heavy atom. The highest BCUT2D eigenvalue weighted by molar-refractivity contribution is 5.84. The molecule has 104 valence electrons. The van der Waals surface area contributed by atoms with Crippen molar-refractivity contribution in [3.63, 3.8) is 0 Å². The number of amides is 2. The predicted molar refractivity (Wildman–Crippen MR) is 70.0 cm³/mol. The van der Waals surface area contributed by atoms with Crippen LogP contribution in [0.1, 0.15) is 13.3 Å². The first-order valence-corrected chi connectivity index (χ1v) is 6.22. The van der Waals surface area contributed by atoms with Gasteiger partial charge in [0.2, 0.25) is 11.8 Å². The summed E-state index contributed by atoms with van der Waals surface area (Å²) in [7, 11) is 1.62. The summed E-state index contributed by atoms with van der Waals surface area (Å²) in [5.74, 6) is -0.0677. The van der Waals surface area contributed by atoms with Gasteiger partial charge in [0.05, 0.1) is 17.3 Å². The molecule has 7 nitrogen and oxygen atoms in total. The Bertz CT molecular complexity index is 498. The first-order chi connectivity index (χ1) is 8.94. The number of anilines is 1. The molecule has 1 aliphatic heterocycles. The van der Waals surface area contributed by atoms with Crippen molar-refractivity contribution in [3.05, 3.63) is 12.4 Å². The number of nitrogens with zero attached hydrogens (tertiary/aromatic N) is 3. The molecule has 1 aliphatic rings. The molecule has 1 aromatic heterocycles. The number of rotatable bonds is 3. The summed E-state index contributed by atoms with van der Waals surface area (Å²) in [5, 5.41) is 6.63. The zero-order valence-electron chi connectivity index (χ0n) is 11.2. The highest BCUT2D eigenvalue weighted by Gasteiger charge is 2.41. The third-order valence-electron chi connectivity index (χ3n) is 3.55. The standard InChI is InChI=1S/C12H19N5O2/c1-12(11(19)14-2)3-4-16(8-12)10(18)7-17-6-9(13)5-15-17/h5-6H,3-4,7-8,13H2,1-2H3,(H,14,19). The van der Waals surface area contributed by atoms with Crippen molar-refractivity contribution in [2.24, 2.45) is 5.41 Å². The minimum Gasteiger partial charge on any atom is -0.396 e. The topological polar surface area (TPSA) is 93.2 Å². The molecule has 0 bridgehead atoms. The highest BCUT2D eigenvalue weighted by Crippen LogP contribution is 2.30. The number of likely N-dealkylation sites (tertiary alicyclic amines) is 1. The van der Waals surface area contributed by atoms with Gasteiger partial charge in [0.15, 0.2) is 0 Å². The van der Waals surface area contributed by atoms with E-state index in [1.807, 2.05) is 6.92 Å². The molecule has 0 saturated carbocycles. The van der Waals surface area contributed by atoms with Crippen molar-refractivity contribution < 1.29 is 9.59 Å². The van der Waals surface area contributed by atoms with Gasteiger partial charge < -0.3 is 16.0 Å². The average molecular weight is 265 g/mol. The summed E-state index contributed by atoms with van der Waals surface area (Å²) in [4.78, 5) is 25.6. The SMILES string of the molecule is CNC(=O)C1(C)CCN(C(=O)Cn2cc(N)cn2)C1. The second-order valence-electron chi connectivity index (χ2n) is 5.18. The third kappa shape index (κ3) is 2.69. The smallest absolute Gasteiger partial charge is 0.244 e. The number of nitrogens with one attached hydrogen (secondary N) is 1. The molecule has 1 saturated heterocycles. The van der Waals surface area contributed by atoms with Gasteiger partial charge in [-0.3, -0.25) is 14.3 Å². The normalized spacial score (nSPS) is 22.5. The van der Waals surface area contributed by atoms with Crippen molar-refractivity contribution in [2.45, 2.75) is 19.9 Å². The van der Waals surface area contributed by atoms with E-state index in [-0.39, 0.29) is 18.4 Å². The summed E-state index contributed by atoms with van der Waals surface area (Å²) in [6.07, 6.45) is 3.80. The summed E-state index contributed by atoms with van der Waals surface area (Å²) < 4.78 is 1.51. The van der Waals surface area contributed by atoms with Gasteiger partial charge in [-0.25, -0.2) is 0 Å². The number of carbonyl (C=O) groups is 2. The van der Waals surface area contributed by atoms with Crippen LogP contribution in [0.5, 0.6) is 0 Å². The fraction of sp³-hybridized carbons (Fsp3) is 0.583. The monoisotopic (exact) mass is 265 g/mol. The van der Waals surface area contributed by atoms with Crippen LogP contribution >= 0.6 is 0 Å². The van der Waals surface area contributed by atoms with E-state index in [9.17, 15) is 9.59 Å². The molecule has 2 rings (SSSR count). The van der Waals surface area contributed by atoms with Crippen LogP contribution in [-0.4, -0.2) is 46.6 Å². The molecule has 19 heavy (non-hydrogen) atoms. The van der Waals surface area contributed by atoms with Crippen molar-refractivity contribution in [1.82, 2.24) is 20.0 Å². The Morgan fingerprint density at radius 3 is 2.89 bits per heavy atom. The largest absolute Gasteiger partial charge is 0.396 e. The molecule has 0 aliphatic carbocycles. The van der Waals surface area contributed by atoms with E-state index in [0.29, 0.717) is 25.2 Å². The van der Waals surface area contributed by atoms with Crippen LogP contribution in [0.3, 0.4) is 0 Å². The number of hydrogen-bond donors (Lipinski definition) is 2. The maximum Gasteiger partial charge on any atom is 0.244 e. The molecule has 1 unspecified atom stereocenters. The number of carbonyl (C=O) groups excluding carboxylic acids is 2. The van der Waals surface area contributed by atoms with Crippen LogP contribution in [0.15, 0.2) is 12.4 Å². The Balaban J connectivity index is 1.97. The van der Waals surface area contributed by atoms with E-state index in [0.717, 1.165) is 0 Å². The van der Waals surface area contributed by atoms with Gasteiger partial charge in [-0.15, -0.1) is 0 Å². The Labute approximate surface area is 111 Å². The summed E-state index contributed by atoms with van der Waals surface area (Å²) in [5.41, 5.74) is 5.59. The second kappa shape index (κ2) is 4.91. The Kier molecular flexibility index (Phi) is 3.46. The Hall–Kier alpha value is -2.05. The summed E-state index contributed by atoms with van der Waals surface area (Å²) >= 11 is 0. The maximum atomic E-state index is 12.1. The average Bonchev–Trinajstić information content (AvgIpc) is 2.96. The van der Waals surface area contributed by atoms with E-state index in [1.165, 1.54) is 10.9 Å². The van der Waals surface area contributed by atoms with Crippen molar-refractivity contribution in [2.75, 3.05) is 25.9 Å². The van der Waals surface area contributed by atoms with Crippen LogP contribution in [0, 0.1) is 5.41 Å². The van der Waals surface area contributed by atoms with Gasteiger partial charge in [0, 0.05) is 26.3 Å². The minimum atomic E-state index is -0.493. The lowest BCUT2D eigenvalue weighted by molar-refractivity contribution is -0.133. The van der Waals surface area contributed by atoms with Crippen LogP contribution in [0.2, 0.25) is 0 Å². The van der Waals surface area contributed by atoms with Crippen molar-refractivity contribution >= 4 is 17.5 Å². The predicted octanol–water partition coefficient (Wildman–Crippen LogP) is -0.550. The van der Waals surface area contributed by atoms with Gasteiger partial charge in [0.1, 0.15) is 6.54 Å². The number of aromatic nitrogens is 2. The van der Waals surface area contributed by atoms with Gasteiger partial charge in [0.25, 0.3) is 0 Å². The van der Waals surface area contributed by atoms with Gasteiger partial charge in [-0.1, -0.05) is 0 Å². The zero-order valence-corrected chi connectivity index (χ0v) is 11.2. The molecule has 1 aromatic rings. The van der Waals surface area contributed by atoms with Crippen LogP contribution in [0.4, 0.5) is 5.69 Å². The van der Waals surface area contributed by atoms with Crippen molar-refractivity contribution in [1.29, 1.82) is 0 Å². The molecule has 0 spiro atoms. The maximum absolute atomic E-state index is 12.1. The first kappa shape index (κ1) is 13.4. The Morgan fingerprint density at radius 2 is 2.32 bits per heavy atom. The van der Waals surface area contributed by atoms with E-state index in [2.05, 4.69) is 10.4 Å². The number of nitrogens with two attached hydrogens (primary N) is 1. The molecule has 0 radical (unpaired) electrons. The van der Waals surface area contributed by atoms with Crippen molar-refractivity contribution in [3.8, 4) is 0 Å². The third-order valence-corrected chi connectivity index (χ3v) is 3.55. The molecule has 1 atom stereocenters. The molecule has 7 heteroatoms. The van der Waals surface area contributed by atoms with Crippen LogP contribution in [-0.2, 0) is 16.1 Å².